The Morgan fingerprint density at radius 1 is 1.25 bits per heavy atom. The van der Waals surface area contributed by atoms with Crippen LogP contribution in [0.5, 0.6) is 11.6 Å². The number of aromatic amines is 1. The molecule has 2 N–H and O–H groups in total. The number of fused-ring (bicyclic) bond motifs is 1. The van der Waals surface area contributed by atoms with Crippen LogP contribution in [0.1, 0.15) is 6.92 Å². The third-order valence-electron chi connectivity index (χ3n) is 2.83. The van der Waals surface area contributed by atoms with Crippen molar-refractivity contribution in [1.29, 1.82) is 0 Å². The molecule has 0 fully saturated rings. The van der Waals surface area contributed by atoms with Gasteiger partial charge in [-0.2, -0.15) is 4.98 Å². The molecule has 0 aliphatic carbocycles. The summed E-state index contributed by atoms with van der Waals surface area (Å²) < 4.78 is 6.38. The van der Waals surface area contributed by atoms with E-state index in [2.05, 4.69) is 37.5 Å². The Morgan fingerprint density at radius 3 is 2.90 bits per heavy atom. The minimum absolute atomic E-state index is 0.189. The Balaban J connectivity index is 2.10. The van der Waals surface area contributed by atoms with Crippen molar-refractivity contribution >= 4 is 33.8 Å². The van der Waals surface area contributed by atoms with Crippen LogP contribution in [0, 0.1) is 3.57 Å². The number of halogens is 1. The summed E-state index contributed by atoms with van der Waals surface area (Å²) in [6.07, 6.45) is 0. The fourth-order valence-electron chi connectivity index (χ4n) is 1.93. The predicted octanol–water partition coefficient (Wildman–Crippen LogP) is 3.33. The van der Waals surface area contributed by atoms with E-state index in [0.717, 1.165) is 9.09 Å². The van der Waals surface area contributed by atoms with Gasteiger partial charge in [-0.25, -0.2) is 4.98 Å². The normalized spacial score (nSPS) is 10.9. The highest BCUT2D eigenvalue weighted by atomic mass is 127. The number of phenols is 1. The van der Waals surface area contributed by atoms with Gasteiger partial charge in [0.25, 0.3) is 0 Å². The number of hydrogen-bond donors (Lipinski definition) is 2. The van der Waals surface area contributed by atoms with Crippen LogP contribution in [-0.2, 0) is 0 Å². The maximum atomic E-state index is 9.94. The maximum absolute atomic E-state index is 9.94. The van der Waals surface area contributed by atoms with E-state index in [1.165, 1.54) is 0 Å². The number of aromatic nitrogens is 3. The number of H-pyrrole nitrogens is 1. The molecule has 0 aliphatic heterocycles. The van der Waals surface area contributed by atoms with Gasteiger partial charge >= 0.3 is 0 Å². The van der Waals surface area contributed by atoms with Gasteiger partial charge in [0.2, 0.25) is 5.88 Å². The summed E-state index contributed by atoms with van der Waals surface area (Å²) in [5, 5.41) is 9.94. The predicted molar refractivity (Wildman–Crippen MR) is 84.9 cm³/mol. The highest BCUT2D eigenvalue weighted by Crippen LogP contribution is 2.30. The molecule has 0 atom stereocenters. The number of nitrogens with zero attached hydrogens (tertiary/aromatic N) is 2. The second-order valence-corrected chi connectivity index (χ2v) is 5.45. The molecule has 0 saturated heterocycles. The lowest BCUT2D eigenvalue weighted by Gasteiger charge is -2.01. The Bertz CT molecular complexity index is 770. The van der Waals surface area contributed by atoms with Crippen LogP contribution in [-0.4, -0.2) is 26.7 Å². The third kappa shape index (κ3) is 2.43. The molecule has 2 heterocycles. The van der Waals surface area contributed by atoms with Crippen molar-refractivity contribution in [3.63, 3.8) is 0 Å². The van der Waals surface area contributed by atoms with Crippen molar-refractivity contribution in [3.8, 4) is 23.0 Å². The summed E-state index contributed by atoms with van der Waals surface area (Å²) in [4.78, 5) is 11.9. The van der Waals surface area contributed by atoms with Crippen molar-refractivity contribution in [2.75, 3.05) is 6.61 Å². The second-order valence-electron chi connectivity index (χ2n) is 4.20. The number of ether oxygens (including phenoxy) is 1. The summed E-state index contributed by atoms with van der Waals surface area (Å²) >= 11 is 2.20. The van der Waals surface area contributed by atoms with Gasteiger partial charge in [0.05, 0.1) is 17.7 Å². The number of rotatable bonds is 3. The van der Waals surface area contributed by atoms with Gasteiger partial charge < -0.3 is 14.8 Å². The molecule has 0 radical (unpaired) electrons. The average Bonchev–Trinajstić information content (AvgIpc) is 2.85. The van der Waals surface area contributed by atoms with Crippen molar-refractivity contribution in [3.05, 3.63) is 33.9 Å². The lowest BCUT2D eigenvalue weighted by atomic mass is 10.2. The van der Waals surface area contributed by atoms with Gasteiger partial charge in [0.1, 0.15) is 11.6 Å². The van der Waals surface area contributed by atoms with E-state index in [-0.39, 0.29) is 5.75 Å². The van der Waals surface area contributed by atoms with E-state index < -0.39 is 0 Å². The smallest absolute Gasteiger partial charge is 0.215 e. The molecule has 102 valence electrons. The quantitative estimate of drug-likeness (QED) is 0.683. The number of aromatic hydroxyl groups is 1. The second kappa shape index (κ2) is 5.28. The maximum Gasteiger partial charge on any atom is 0.215 e. The van der Waals surface area contributed by atoms with Crippen LogP contribution in [0.2, 0.25) is 0 Å². The molecule has 0 bridgehead atoms. The summed E-state index contributed by atoms with van der Waals surface area (Å²) in [5.41, 5.74) is 2.04. The van der Waals surface area contributed by atoms with Gasteiger partial charge in [-0.05, 0) is 53.8 Å². The summed E-state index contributed by atoms with van der Waals surface area (Å²) in [6, 6.07) is 9.03. The van der Waals surface area contributed by atoms with Crippen molar-refractivity contribution in [1.82, 2.24) is 15.0 Å². The molecule has 20 heavy (non-hydrogen) atoms. The molecular formula is C14H12IN3O2. The molecule has 3 rings (SSSR count). The number of phenolic OH excluding ortho intramolecular Hbond substituents is 1. The number of benzene rings is 1. The highest BCUT2D eigenvalue weighted by molar-refractivity contribution is 14.1. The Morgan fingerprint density at radius 2 is 2.10 bits per heavy atom. The van der Waals surface area contributed by atoms with E-state index in [9.17, 15) is 5.11 Å². The molecule has 2 aromatic heterocycles. The summed E-state index contributed by atoms with van der Waals surface area (Å²) in [5.74, 6) is 1.33. The molecule has 0 spiro atoms. The van der Waals surface area contributed by atoms with Gasteiger partial charge in [0.15, 0.2) is 5.65 Å². The first kappa shape index (κ1) is 13.2. The van der Waals surface area contributed by atoms with Crippen molar-refractivity contribution < 1.29 is 9.84 Å². The lowest BCUT2D eigenvalue weighted by molar-refractivity contribution is 0.328. The van der Waals surface area contributed by atoms with Crippen LogP contribution >= 0.6 is 22.6 Å². The fourth-order valence-corrected chi connectivity index (χ4v) is 2.42. The zero-order chi connectivity index (χ0) is 14.1. The standard InChI is InChI=1S/C14H12IN3O2/c1-2-20-12-6-4-10-14(17-12)18-13(16-10)9-7-8(15)3-5-11(9)19/h3-7,19H,2H2,1H3,(H,16,17,18). The van der Waals surface area contributed by atoms with Crippen LogP contribution < -0.4 is 4.74 Å². The van der Waals surface area contributed by atoms with Crippen LogP contribution in [0.15, 0.2) is 30.3 Å². The molecule has 5 nitrogen and oxygen atoms in total. The van der Waals surface area contributed by atoms with E-state index in [1.807, 2.05) is 25.1 Å². The average molecular weight is 381 g/mol. The molecule has 3 aromatic rings. The monoisotopic (exact) mass is 381 g/mol. The number of hydrogen-bond acceptors (Lipinski definition) is 4. The minimum Gasteiger partial charge on any atom is -0.507 e. The number of pyridine rings is 1. The van der Waals surface area contributed by atoms with E-state index in [1.54, 1.807) is 12.1 Å². The number of imidazole rings is 1. The lowest BCUT2D eigenvalue weighted by Crippen LogP contribution is -1.93. The highest BCUT2D eigenvalue weighted by Gasteiger charge is 2.11. The molecular weight excluding hydrogens is 369 g/mol. The van der Waals surface area contributed by atoms with Crippen molar-refractivity contribution in [2.45, 2.75) is 6.92 Å². The molecule has 1 aromatic carbocycles. The molecule has 0 saturated carbocycles. The summed E-state index contributed by atoms with van der Waals surface area (Å²) in [6.45, 7) is 2.47. The zero-order valence-electron chi connectivity index (χ0n) is 10.7. The third-order valence-corrected chi connectivity index (χ3v) is 3.50. The summed E-state index contributed by atoms with van der Waals surface area (Å²) in [7, 11) is 0. The molecule has 0 aliphatic rings. The Kier molecular flexibility index (Phi) is 3.47. The topological polar surface area (TPSA) is 71.0 Å². The molecule has 0 amide bonds. The Labute approximate surface area is 129 Å². The van der Waals surface area contributed by atoms with Crippen molar-refractivity contribution in [2.24, 2.45) is 0 Å². The van der Waals surface area contributed by atoms with E-state index in [0.29, 0.717) is 29.5 Å². The largest absolute Gasteiger partial charge is 0.507 e. The first-order chi connectivity index (χ1) is 9.67. The van der Waals surface area contributed by atoms with E-state index in [4.69, 9.17) is 4.74 Å². The first-order valence-electron chi connectivity index (χ1n) is 6.16. The van der Waals surface area contributed by atoms with Crippen LogP contribution in [0.25, 0.3) is 22.6 Å². The van der Waals surface area contributed by atoms with Gasteiger partial charge in [-0.1, -0.05) is 0 Å². The minimum atomic E-state index is 0.189. The molecule has 0 unspecified atom stereocenters. The van der Waals surface area contributed by atoms with Gasteiger partial charge in [-0.15, -0.1) is 0 Å². The fraction of sp³-hybridized carbons (Fsp3) is 0.143. The van der Waals surface area contributed by atoms with Gasteiger partial charge in [0, 0.05) is 9.64 Å². The molecule has 6 heteroatoms. The SMILES string of the molecule is CCOc1ccc2[nH]c(-c3cc(I)ccc3O)nc2n1. The Hall–Kier alpha value is -1.83. The van der Waals surface area contributed by atoms with Gasteiger partial charge in [-0.3, -0.25) is 0 Å². The first-order valence-corrected chi connectivity index (χ1v) is 7.23. The number of nitrogens with one attached hydrogen (secondary N) is 1. The van der Waals surface area contributed by atoms with Crippen LogP contribution in [0.3, 0.4) is 0 Å². The van der Waals surface area contributed by atoms with E-state index >= 15 is 0 Å². The van der Waals surface area contributed by atoms with Crippen LogP contribution in [0.4, 0.5) is 0 Å². The zero-order valence-corrected chi connectivity index (χ0v) is 12.9.